The molecule has 0 aliphatic carbocycles. The van der Waals surface area contributed by atoms with E-state index >= 15 is 0 Å². The van der Waals surface area contributed by atoms with Gasteiger partial charge >= 0.3 is 5.97 Å². The van der Waals surface area contributed by atoms with Gasteiger partial charge in [-0.3, -0.25) is 9.59 Å². The van der Waals surface area contributed by atoms with Gasteiger partial charge in [0.2, 0.25) is 5.91 Å². The van der Waals surface area contributed by atoms with E-state index in [0.717, 1.165) is 15.6 Å². The fourth-order valence-electron chi connectivity index (χ4n) is 2.19. The van der Waals surface area contributed by atoms with Crippen LogP contribution in [0.4, 0.5) is 0 Å². The van der Waals surface area contributed by atoms with Gasteiger partial charge in [0.15, 0.2) is 0 Å². The molecule has 1 fully saturated rings. The van der Waals surface area contributed by atoms with E-state index in [0.29, 0.717) is 12.8 Å². The van der Waals surface area contributed by atoms with Gasteiger partial charge in [-0.1, -0.05) is 6.07 Å². The Kier molecular flexibility index (Phi) is 4.64. The molecule has 2 N–H and O–H groups in total. The molecule has 21 heavy (non-hydrogen) atoms. The van der Waals surface area contributed by atoms with Crippen molar-refractivity contribution in [3.8, 4) is 0 Å². The number of carboxylic acid groups (broad SMARTS) is 1. The van der Waals surface area contributed by atoms with Crippen molar-refractivity contribution < 1.29 is 23.1 Å². The van der Waals surface area contributed by atoms with Gasteiger partial charge in [0, 0.05) is 6.54 Å². The number of carbonyl (C=O) groups excluding carboxylic acids is 1. The summed E-state index contributed by atoms with van der Waals surface area (Å²) in [7, 11) is -3.70. The number of rotatable bonds is 5. The smallest absolute Gasteiger partial charge is 0.325 e. The molecule has 1 amide bonds. The second-order valence-electron chi connectivity index (χ2n) is 4.77. The molecule has 0 aromatic carbocycles. The molecular weight excluding hydrogens is 316 g/mol. The number of carbonyl (C=O) groups is 2. The molecule has 1 saturated heterocycles. The summed E-state index contributed by atoms with van der Waals surface area (Å²) in [6.07, 6.45) is 0.965. The van der Waals surface area contributed by atoms with Crippen molar-refractivity contribution in [2.45, 2.75) is 36.1 Å². The zero-order chi connectivity index (χ0) is 15.6. The van der Waals surface area contributed by atoms with Crippen LogP contribution >= 0.6 is 11.3 Å². The zero-order valence-corrected chi connectivity index (χ0v) is 13.0. The topological polar surface area (TPSA) is 104 Å². The highest BCUT2D eigenvalue weighted by Gasteiger charge is 2.40. The first-order valence-corrected chi connectivity index (χ1v) is 8.74. The van der Waals surface area contributed by atoms with Crippen molar-refractivity contribution in [3.05, 3.63) is 17.5 Å². The summed E-state index contributed by atoms with van der Waals surface area (Å²) in [5, 5.41) is 12.8. The standard InChI is InChI=1S/C12H16N2O5S2/c1-8(12(16)17)13-11(15)9-4-2-6-14(9)21(18,19)10-5-3-7-20-10/h3,5,7-9H,2,4,6H2,1H3,(H,13,15)(H,16,17)/t8-,9?/m0/s1. The summed E-state index contributed by atoms with van der Waals surface area (Å²) in [4.78, 5) is 22.9. The van der Waals surface area contributed by atoms with Crippen LogP contribution in [-0.2, 0) is 19.6 Å². The highest BCUT2D eigenvalue weighted by Crippen LogP contribution is 2.28. The number of hydrogen-bond acceptors (Lipinski definition) is 5. The number of aliphatic carboxylic acids is 1. The molecule has 1 aliphatic rings. The number of carboxylic acids is 1. The number of hydrogen-bond donors (Lipinski definition) is 2. The molecule has 0 spiro atoms. The first-order valence-electron chi connectivity index (χ1n) is 6.42. The predicted molar refractivity (Wildman–Crippen MR) is 76.5 cm³/mol. The summed E-state index contributed by atoms with van der Waals surface area (Å²) in [6.45, 7) is 1.60. The Balaban J connectivity index is 2.17. The summed E-state index contributed by atoms with van der Waals surface area (Å²) < 4.78 is 26.3. The minimum atomic E-state index is -3.70. The van der Waals surface area contributed by atoms with Crippen molar-refractivity contribution in [1.82, 2.24) is 9.62 Å². The van der Waals surface area contributed by atoms with Crippen LogP contribution in [0.1, 0.15) is 19.8 Å². The summed E-state index contributed by atoms with van der Waals surface area (Å²) >= 11 is 1.09. The van der Waals surface area contributed by atoms with E-state index < -0.39 is 34.0 Å². The average molecular weight is 332 g/mol. The van der Waals surface area contributed by atoms with Crippen molar-refractivity contribution in [2.75, 3.05) is 6.54 Å². The monoisotopic (exact) mass is 332 g/mol. The number of nitrogens with one attached hydrogen (secondary N) is 1. The Labute approximate surface area is 126 Å². The Hall–Kier alpha value is -1.45. The molecule has 7 nitrogen and oxygen atoms in total. The van der Waals surface area contributed by atoms with E-state index in [4.69, 9.17) is 5.11 Å². The third-order valence-electron chi connectivity index (χ3n) is 3.29. The van der Waals surface area contributed by atoms with Crippen LogP contribution < -0.4 is 5.32 Å². The number of amides is 1. The van der Waals surface area contributed by atoms with Gasteiger partial charge in [-0.05, 0) is 31.2 Å². The highest BCUT2D eigenvalue weighted by atomic mass is 32.2. The third kappa shape index (κ3) is 3.25. The molecule has 0 bridgehead atoms. The fraction of sp³-hybridized carbons (Fsp3) is 0.500. The van der Waals surface area contributed by atoms with E-state index in [9.17, 15) is 18.0 Å². The van der Waals surface area contributed by atoms with E-state index in [-0.39, 0.29) is 10.8 Å². The van der Waals surface area contributed by atoms with Crippen LogP contribution in [0.5, 0.6) is 0 Å². The van der Waals surface area contributed by atoms with Gasteiger partial charge in [-0.2, -0.15) is 4.31 Å². The Morgan fingerprint density at radius 2 is 2.24 bits per heavy atom. The maximum Gasteiger partial charge on any atom is 0.325 e. The maximum absolute atomic E-state index is 12.5. The molecule has 0 radical (unpaired) electrons. The van der Waals surface area contributed by atoms with Crippen molar-refractivity contribution >= 4 is 33.2 Å². The van der Waals surface area contributed by atoms with Gasteiger partial charge in [0.1, 0.15) is 16.3 Å². The highest BCUT2D eigenvalue weighted by molar-refractivity contribution is 7.91. The Morgan fingerprint density at radius 3 is 2.81 bits per heavy atom. The largest absolute Gasteiger partial charge is 0.480 e. The maximum atomic E-state index is 12.5. The van der Waals surface area contributed by atoms with E-state index in [1.807, 2.05) is 0 Å². The minimum absolute atomic E-state index is 0.188. The lowest BCUT2D eigenvalue weighted by Gasteiger charge is -2.23. The predicted octanol–water partition coefficient (Wildman–Crippen LogP) is 0.490. The zero-order valence-electron chi connectivity index (χ0n) is 11.4. The molecule has 1 aliphatic heterocycles. The van der Waals surface area contributed by atoms with E-state index in [1.54, 1.807) is 11.4 Å². The third-order valence-corrected chi connectivity index (χ3v) is 6.57. The average Bonchev–Trinajstić information content (AvgIpc) is 3.10. The van der Waals surface area contributed by atoms with Gasteiger partial charge < -0.3 is 10.4 Å². The lowest BCUT2D eigenvalue weighted by Crippen LogP contribution is -2.49. The SMILES string of the molecule is C[C@H](NC(=O)C1CCCN1S(=O)(=O)c1cccs1)C(=O)O. The van der Waals surface area contributed by atoms with Crippen LogP contribution in [-0.4, -0.2) is 48.3 Å². The van der Waals surface area contributed by atoms with Crippen LogP contribution in [0.2, 0.25) is 0 Å². The molecule has 116 valence electrons. The Morgan fingerprint density at radius 1 is 1.52 bits per heavy atom. The number of thiophene rings is 1. The lowest BCUT2D eigenvalue weighted by molar-refractivity contribution is -0.141. The van der Waals surface area contributed by atoms with E-state index in [1.165, 1.54) is 13.0 Å². The summed E-state index contributed by atoms with van der Waals surface area (Å²) in [5.74, 6) is -1.73. The van der Waals surface area contributed by atoms with Crippen molar-refractivity contribution in [3.63, 3.8) is 0 Å². The molecule has 1 unspecified atom stereocenters. The second-order valence-corrected chi connectivity index (χ2v) is 7.84. The van der Waals surface area contributed by atoms with Crippen molar-refractivity contribution in [1.29, 1.82) is 0 Å². The number of sulfonamides is 1. The van der Waals surface area contributed by atoms with Gasteiger partial charge in [-0.15, -0.1) is 11.3 Å². The molecule has 1 aromatic rings. The quantitative estimate of drug-likeness (QED) is 0.817. The van der Waals surface area contributed by atoms with Crippen molar-refractivity contribution in [2.24, 2.45) is 0 Å². The van der Waals surface area contributed by atoms with Gasteiger partial charge in [-0.25, -0.2) is 8.42 Å². The Bertz CT molecular complexity index is 626. The normalized spacial score (nSPS) is 21.1. The van der Waals surface area contributed by atoms with E-state index in [2.05, 4.69) is 5.32 Å². The van der Waals surface area contributed by atoms with Crippen LogP contribution in [0, 0.1) is 0 Å². The summed E-state index contributed by atoms with van der Waals surface area (Å²) in [6, 6.07) is 1.23. The van der Waals surface area contributed by atoms with Gasteiger partial charge in [0.25, 0.3) is 10.0 Å². The van der Waals surface area contributed by atoms with Crippen LogP contribution in [0.3, 0.4) is 0 Å². The van der Waals surface area contributed by atoms with Gasteiger partial charge in [0.05, 0.1) is 0 Å². The van der Waals surface area contributed by atoms with Crippen LogP contribution in [0.15, 0.2) is 21.7 Å². The first-order chi connectivity index (χ1) is 9.84. The second kappa shape index (κ2) is 6.12. The molecule has 2 rings (SSSR count). The van der Waals surface area contributed by atoms with Crippen LogP contribution in [0.25, 0.3) is 0 Å². The first kappa shape index (κ1) is 15.9. The fourth-order valence-corrected chi connectivity index (χ4v) is 4.96. The lowest BCUT2D eigenvalue weighted by atomic mass is 10.2. The summed E-state index contributed by atoms with van der Waals surface area (Å²) in [5.41, 5.74) is 0. The number of nitrogens with zero attached hydrogens (tertiary/aromatic N) is 1. The molecule has 0 saturated carbocycles. The minimum Gasteiger partial charge on any atom is -0.480 e. The molecule has 9 heteroatoms. The molecule has 1 aromatic heterocycles. The molecule has 2 atom stereocenters. The molecule has 2 heterocycles. The molecular formula is C12H16N2O5S2.